The predicted molar refractivity (Wildman–Crippen MR) is 76.4 cm³/mol. The maximum atomic E-state index is 11.8. The molecule has 0 spiro atoms. The number of carbonyl (C=O) groups is 1. The third-order valence-electron chi connectivity index (χ3n) is 2.42. The number of ether oxygens (including phenoxy) is 1. The van der Waals surface area contributed by atoms with Crippen molar-refractivity contribution >= 4 is 22.0 Å². The highest BCUT2D eigenvalue weighted by molar-refractivity contribution is 7.91. The minimum Gasteiger partial charge on any atom is -0.446 e. The summed E-state index contributed by atoms with van der Waals surface area (Å²) in [5, 5.41) is 0. The second kappa shape index (κ2) is 6.58. The van der Waals surface area contributed by atoms with Crippen molar-refractivity contribution in [3.63, 3.8) is 0 Å². The van der Waals surface area contributed by atoms with Gasteiger partial charge in [-0.05, 0) is 38.0 Å². The van der Waals surface area contributed by atoms with Crippen molar-refractivity contribution in [2.75, 3.05) is 4.72 Å². The number of aryl methyl sites for hydroxylation is 1. The minimum absolute atomic E-state index is 0.182. The van der Waals surface area contributed by atoms with E-state index >= 15 is 0 Å². The van der Waals surface area contributed by atoms with Crippen molar-refractivity contribution in [3.8, 4) is 0 Å². The fourth-order valence-corrected chi connectivity index (χ4v) is 2.39. The second-order valence-corrected chi connectivity index (χ2v) is 5.88. The molecule has 0 aromatic heterocycles. The molecule has 0 aliphatic heterocycles. The molecule has 0 bridgehead atoms. The predicted octanol–water partition coefficient (Wildman–Crippen LogP) is 1.25. The van der Waals surface area contributed by atoms with Crippen molar-refractivity contribution in [3.05, 3.63) is 29.3 Å². The number of nitrogens with one attached hydrogen (secondary N) is 2. The monoisotopic (exact) mass is 301 g/mol. The molecular weight excluding hydrogens is 282 g/mol. The fraction of sp³-hybridized carbons (Fsp3) is 0.417. The van der Waals surface area contributed by atoms with Gasteiger partial charge in [-0.2, -0.15) is 8.42 Å². The van der Waals surface area contributed by atoms with Gasteiger partial charge in [-0.1, -0.05) is 12.1 Å². The summed E-state index contributed by atoms with van der Waals surface area (Å²) in [4.78, 5) is 11.3. The number of carbonyl (C=O) groups excluding carboxylic acids is 1. The van der Waals surface area contributed by atoms with E-state index in [9.17, 15) is 13.2 Å². The number of anilines is 1. The van der Waals surface area contributed by atoms with Crippen LogP contribution >= 0.6 is 0 Å². The zero-order valence-corrected chi connectivity index (χ0v) is 12.5. The summed E-state index contributed by atoms with van der Waals surface area (Å²) in [5.41, 5.74) is 7.44. The molecule has 1 aromatic carbocycles. The lowest BCUT2D eigenvalue weighted by atomic mass is 10.1. The van der Waals surface area contributed by atoms with Crippen LogP contribution in [0.1, 0.15) is 25.0 Å². The first kappa shape index (κ1) is 16.3. The Morgan fingerprint density at radius 3 is 2.60 bits per heavy atom. The molecule has 0 radical (unpaired) electrons. The Hall–Kier alpha value is -1.80. The van der Waals surface area contributed by atoms with Crippen molar-refractivity contribution in [2.24, 2.45) is 5.73 Å². The van der Waals surface area contributed by atoms with E-state index in [1.165, 1.54) is 0 Å². The van der Waals surface area contributed by atoms with Crippen LogP contribution < -0.4 is 15.2 Å². The number of rotatable bonds is 5. The van der Waals surface area contributed by atoms with Crippen LogP contribution in [0.25, 0.3) is 0 Å². The van der Waals surface area contributed by atoms with Crippen LogP contribution in [-0.4, -0.2) is 20.6 Å². The van der Waals surface area contributed by atoms with Crippen molar-refractivity contribution in [1.82, 2.24) is 4.72 Å². The van der Waals surface area contributed by atoms with Crippen LogP contribution in [0.15, 0.2) is 18.2 Å². The fourth-order valence-electron chi connectivity index (χ4n) is 1.59. The van der Waals surface area contributed by atoms with Crippen LogP contribution in [-0.2, 0) is 21.5 Å². The van der Waals surface area contributed by atoms with Crippen molar-refractivity contribution in [1.29, 1.82) is 0 Å². The molecule has 0 fully saturated rings. The molecule has 0 saturated carbocycles. The van der Waals surface area contributed by atoms with Gasteiger partial charge in [-0.15, -0.1) is 0 Å². The topological polar surface area (TPSA) is 111 Å². The largest absolute Gasteiger partial charge is 0.446 e. The molecule has 7 nitrogen and oxygen atoms in total. The number of hydrogen-bond donors (Lipinski definition) is 3. The summed E-state index contributed by atoms with van der Waals surface area (Å²) < 4.78 is 32.4. The van der Waals surface area contributed by atoms with Gasteiger partial charge in [-0.3, -0.25) is 4.72 Å². The van der Waals surface area contributed by atoms with Gasteiger partial charge in [0.15, 0.2) is 0 Å². The normalized spacial score (nSPS) is 11.2. The first-order chi connectivity index (χ1) is 9.25. The third kappa shape index (κ3) is 4.71. The lowest BCUT2D eigenvalue weighted by Gasteiger charge is -2.14. The van der Waals surface area contributed by atoms with Gasteiger partial charge in [-0.25, -0.2) is 9.52 Å². The zero-order valence-electron chi connectivity index (χ0n) is 11.6. The van der Waals surface area contributed by atoms with Gasteiger partial charge in [0.25, 0.3) is 0 Å². The van der Waals surface area contributed by atoms with E-state index in [4.69, 9.17) is 10.5 Å². The maximum absolute atomic E-state index is 11.8. The SMILES string of the molecule is Cc1cccc(NS(=O)(=O)NC(=O)OC(C)C)c1CN. The number of nitrogens with two attached hydrogens (primary N) is 1. The van der Waals surface area contributed by atoms with Crippen LogP contribution in [0.4, 0.5) is 10.5 Å². The third-order valence-corrected chi connectivity index (χ3v) is 3.34. The number of hydrogen-bond acceptors (Lipinski definition) is 5. The highest BCUT2D eigenvalue weighted by atomic mass is 32.2. The lowest BCUT2D eigenvalue weighted by Crippen LogP contribution is -2.37. The van der Waals surface area contributed by atoms with Gasteiger partial charge in [0.2, 0.25) is 0 Å². The Bertz CT molecular complexity index is 584. The van der Waals surface area contributed by atoms with Crippen LogP contribution in [0.3, 0.4) is 0 Å². The molecule has 0 unspecified atom stereocenters. The molecule has 20 heavy (non-hydrogen) atoms. The summed E-state index contributed by atoms with van der Waals surface area (Å²) in [6, 6.07) is 5.08. The highest BCUT2D eigenvalue weighted by Gasteiger charge is 2.18. The Morgan fingerprint density at radius 2 is 2.05 bits per heavy atom. The standard InChI is InChI=1S/C12H19N3O4S/c1-8(2)19-12(16)15-20(17,18)14-11-6-4-5-9(3)10(11)7-13/h4-6,8,14H,7,13H2,1-3H3,(H,15,16). The van der Waals surface area contributed by atoms with Gasteiger partial charge in [0.1, 0.15) is 0 Å². The number of amides is 1. The summed E-state index contributed by atoms with van der Waals surface area (Å²) in [7, 11) is -4.06. The Morgan fingerprint density at radius 1 is 1.40 bits per heavy atom. The van der Waals surface area contributed by atoms with Gasteiger partial charge >= 0.3 is 16.3 Å². The maximum Gasteiger partial charge on any atom is 0.422 e. The van der Waals surface area contributed by atoms with Crippen molar-refractivity contribution in [2.45, 2.75) is 33.4 Å². The van der Waals surface area contributed by atoms with E-state index in [0.717, 1.165) is 5.56 Å². The quantitative estimate of drug-likeness (QED) is 0.758. The van der Waals surface area contributed by atoms with E-state index in [2.05, 4.69) is 4.72 Å². The first-order valence-electron chi connectivity index (χ1n) is 6.05. The molecule has 8 heteroatoms. The molecule has 1 aromatic rings. The Labute approximate surface area is 118 Å². The molecule has 4 N–H and O–H groups in total. The van der Waals surface area contributed by atoms with Gasteiger partial charge in [0.05, 0.1) is 11.8 Å². The van der Waals surface area contributed by atoms with Gasteiger partial charge in [0, 0.05) is 6.54 Å². The second-order valence-electron chi connectivity index (χ2n) is 4.47. The minimum atomic E-state index is -4.06. The van der Waals surface area contributed by atoms with E-state index in [0.29, 0.717) is 11.3 Å². The molecule has 1 rings (SSSR count). The molecular formula is C12H19N3O4S. The molecule has 0 aliphatic rings. The summed E-state index contributed by atoms with van der Waals surface area (Å²) in [6.45, 7) is 5.24. The van der Waals surface area contributed by atoms with E-state index < -0.39 is 22.4 Å². The first-order valence-corrected chi connectivity index (χ1v) is 7.53. The zero-order chi connectivity index (χ0) is 15.3. The average Bonchev–Trinajstić information content (AvgIpc) is 2.26. The Kier molecular flexibility index (Phi) is 5.34. The molecule has 0 heterocycles. The van der Waals surface area contributed by atoms with Crippen LogP contribution in [0.5, 0.6) is 0 Å². The number of benzene rings is 1. The molecule has 0 atom stereocenters. The average molecular weight is 301 g/mol. The summed E-state index contributed by atoms with van der Waals surface area (Å²) in [6.07, 6.45) is -1.45. The van der Waals surface area contributed by atoms with Crippen LogP contribution in [0.2, 0.25) is 0 Å². The van der Waals surface area contributed by atoms with E-state index in [-0.39, 0.29) is 6.54 Å². The van der Waals surface area contributed by atoms with Gasteiger partial charge < -0.3 is 10.5 Å². The summed E-state index contributed by atoms with van der Waals surface area (Å²) >= 11 is 0. The molecule has 0 saturated heterocycles. The molecule has 0 aliphatic carbocycles. The lowest BCUT2D eigenvalue weighted by molar-refractivity contribution is 0.121. The highest BCUT2D eigenvalue weighted by Crippen LogP contribution is 2.19. The molecule has 1 amide bonds. The van der Waals surface area contributed by atoms with Crippen molar-refractivity contribution < 1.29 is 17.9 Å². The van der Waals surface area contributed by atoms with E-state index in [1.807, 2.05) is 13.0 Å². The van der Waals surface area contributed by atoms with Crippen LogP contribution in [0, 0.1) is 6.92 Å². The summed E-state index contributed by atoms with van der Waals surface area (Å²) in [5.74, 6) is 0. The Balaban J connectivity index is 2.87. The van der Waals surface area contributed by atoms with E-state index in [1.54, 1.807) is 30.7 Å². The molecule has 112 valence electrons. The smallest absolute Gasteiger partial charge is 0.422 e.